The summed E-state index contributed by atoms with van der Waals surface area (Å²) in [5, 5.41) is 3.78. The van der Waals surface area contributed by atoms with Gasteiger partial charge in [0.1, 0.15) is 11.4 Å². The molecule has 1 aromatic heterocycles. The van der Waals surface area contributed by atoms with E-state index in [2.05, 4.69) is 14.6 Å². The summed E-state index contributed by atoms with van der Waals surface area (Å²) in [7, 11) is -2.65. The monoisotopic (exact) mass is 338 g/mol. The zero-order valence-electron chi connectivity index (χ0n) is 12.1. The Kier molecular flexibility index (Phi) is 4.65. The van der Waals surface area contributed by atoms with Crippen molar-refractivity contribution in [3.63, 3.8) is 0 Å². The number of methoxy groups -OCH3 is 1. The molecule has 0 aliphatic carbocycles. The molecule has 0 aliphatic rings. The maximum atomic E-state index is 12.2. The normalized spacial score (nSPS) is 11.0. The first-order valence-corrected chi connectivity index (χ1v) is 7.82. The van der Waals surface area contributed by atoms with E-state index in [1.54, 1.807) is 0 Å². The van der Waals surface area contributed by atoms with Crippen LogP contribution in [0.2, 0.25) is 0 Å². The van der Waals surface area contributed by atoms with Gasteiger partial charge in [-0.1, -0.05) is 0 Å². The van der Waals surface area contributed by atoms with Gasteiger partial charge in [0.25, 0.3) is 10.0 Å². The van der Waals surface area contributed by atoms with Gasteiger partial charge in [-0.15, -0.1) is 0 Å². The second-order valence-corrected chi connectivity index (χ2v) is 6.18. The van der Waals surface area contributed by atoms with Crippen molar-refractivity contribution in [2.24, 2.45) is 5.73 Å². The molecule has 1 aromatic carbocycles. The number of carbonyl (C=O) groups excluding carboxylic acids is 2. The molecule has 0 radical (unpaired) electrons. The Balaban J connectivity index is 2.15. The molecule has 0 aliphatic heterocycles. The predicted octanol–water partition coefficient (Wildman–Crippen LogP) is -0.0442. The first kappa shape index (κ1) is 16.5. The van der Waals surface area contributed by atoms with Crippen molar-refractivity contribution in [2.75, 3.05) is 11.8 Å². The summed E-state index contributed by atoms with van der Waals surface area (Å²) in [6.45, 7) is -0.195. The second-order valence-electron chi connectivity index (χ2n) is 4.50. The molecule has 0 saturated carbocycles. The minimum Gasteiger partial charge on any atom is -0.468 e. The molecule has 0 fully saturated rings. The lowest BCUT2D eigenvalue weighted by Crippen LogP contribution is -2.14. The number of ether oxygens (including phenoxy) is 1. The molecule has 0 atom stereocenters. The third kappa shape index (κ3) is 4.07. The van der Waals surface area contributed by atoms with E-state index in [1.165, 1.54) is 37.6 Å². The Morgan fingerprint density at radius 3 is 2.52 bits per heavy atom. The highest BCUT2D eigenvalue weighted by molar-refractivity contribution is 7.92. The van der Waals surface area contributed by atoms with Gasteiger partial charge in [-0.25, -0.2) is 8.42 Å². The zero-order chi connectivity index (χ0) is 17.0. The number of nitrogens with zero attached hydrogens (tertiary/aromatic N) is 2. The van der Waals surface area contributed by atoms with Crippen molar-refractivity contribution in [2.45, 2.75) is 11.4 Å². The zero-order valence-corrected chi connectivity index (χ0v) is 12.9. The van der Waals surface area contributed by atoms with Crippen LogP contribution >= 0.6 is 0 Å². The van der Waals surface area contributed by atoms with Crippen LogP contribution in [-0.4, -0.2) is 37.2 Å². The lowest BCUT2D eigenvalue weighted by Gasteiger charge is -2.06. The number of sulfonamides is 1. The Hall–Kier alpha value is -2.88. The lowest BCUT2D eigenvalue weighted by molar-refractivity contribution is -0.141. The van der Waals surface area contributed by atoms with Gasteiger partial charge in [-0.3, -0.25) is 19.0 Å². The van der Waals surface area contributed by atoms with E-state index in [1.807, 2.05) is 0 Å². The van der Waals surface area contributed by atoms with Crippen LogP contribution in [0.1, 0.15) is 10.4 Å². The van der Waals surface area contributed by atoms with Crippen LogP contribution in [0.15, 0.2) is 41.6 Å². The standard InChI is InChI=1S/C13H14N4O5S/c1-22-12(18)8-17-7-11(6-15-17)23(20,21)16-10-4-2-9(3-5-10)13(14)19/h2-7,16H,8H2,1H3,(H2,14,19). The first-order valence-electron chi connectivity index (χ1n) is 6.34. The number of hydrogen-bond donors (Lipinski definition) is 2. The van der Waals surface area contributed by atoms with Gasteiger partial charge >= 0.3 is 5.97 Å². The molecule has 2 aromatic rings. The van der Waals surface area contributed by atoms with Crippen molar-refractivity contribution >= 4 is 27.6 Å². The highest BCUT2D eigenvalue weighted by atomic mass is 32.2. The number of benzene rings is 1. The maximum Gasteiger partial charge on any atom is 0.327 e. The smallest absolute Gasteiger partial charge is 0.327 e. The molecule has 1 amide bonds. The third-order valence-electron chi connectivity index (χ3n) is 2.86. The Bertz CT molecular complexity index is 826. The molecule has 122 valence electrons. The average molecular weight is 338 g/mol. The van der Waals surface area contributed by atoms with E-state index in [0.717, 1.165) is 10.9 Å². The second kappa shape index (κ2) is 6.48. The first-order chi connectivity index (χ1) is 10.8. The van der Waals surface area contributed by atoms with E-state index < -0.39 is 21.9 Å². The minimum absolute atomic E-state index is 0.111. The van der Waals surface area contributed by atoms with Crippen LogP contribution in [0.25, 0.3) is 0 Å². The van der Waals surface area contributed by atoms with Crippen LogP contribution in [0, 0.1) is 0 Å². The van der Waals surface area contributed by atoms with E-state index >= 15 is 0 Å². The van der Waals surface area contributed by atoms with Gasteiger partial charge in [-0.05, 0) is 24.3 Å². The number of anilines is 1. The van der Waals surface area contributed by atoms with E-state index in [0.29, 0.717) is 0 Å². The van der Waals surface area contributed by atoms with Crippen molar-refractivity contribution < 1.29 is 22.7 Å². The summed E-state index contributed by atoms with van der Waals surface area (Å²) < 4.78 is 32.4. The number of rotatable bonds is 6. The van der Waals surface area contributed by atoms with E-state index in [9.17, 15) is 18.0 Å². The Labute approximate surface area is 132 Å². The molecule has 10 heteroatoms. The summed E-state index contributed by atoms with van der Waals surface area (Å²) in [6.07, 6.45) is 2.32. The largest absolute Gasteiger partial charge is 0.468 e. The highest BCUT2D eigenvalue weighted by Gasteiger charge is 2.17. The molecule has 0 bridgehead atoms. The lowest BCUT2D eigenvalue weighted by atomic mass is 10.2. The summed E-state index contributed by atoms with van der Waals surface area (Å²) in [5.41, 5.74) is 5.63. The highest BCUT2D eigenvalue weighted by Crippen LogP contribution is 2.16. The molecule has 0 spiro atoms. The minimum atomic E-state index is -3.87. The molecule has 9 nitrogen and oxygen atoms in total. The van der Waals surface area contributed by atoms with Gasteiger partial charge in [0.2, 0.25) is 5.91 Å². The molecule has 0 unspecified atom stereocenters. The number of aromatic nitrogens is 2. The fraction of sp³-hybridized carbons (Fsp3) is 0.154. The fourth-order valence-electron chi connectivity index (χ4n) is 1.68. The van der Waals surface area contributed by atoms with Gasteiger partial charge in [0.15, 0.2) is 0 Å². The van der Waals surface area contributed by atoms with Crippen molar-refractivity contribution in [3.05, 3.63) is 42.2 Å². The quantitative estimate of drug-likeness (QED) is 0.710. The number of esters is 1. The Morgan fingerprint density at radius 1 is 1.30 bits per heavy atom. The van der Waals surface area contributed by atoms with Gasteiger partial charge in [0, 0.05) is 17.4 Å². The van der Waals surface area contributed by atoms with Crippen LogP contribution in [0.4, 0.5) is 5.69 Å². The molecule has 2 rings (SSSR count). The van der Waals surface area contributed by atoms with Gasteiger partial charge in [-0.2, -0.15) is 5.10 Å². The summed E-state index contributed by atoms with van der Waals surface area (Å²) in [5.74, 6) is -1.16. The van der Waals surface area contributed by atoms with Crippen molar-refractivity contribution in [3.8, 4) is 0 Å². The topological polar surface area (TPSA) is 133 Å². The van der Waals surface area contributed by atoms with Gasteiger partial charge in [0.05, 0.1) is 13.3 Å². The molecule has 0 saturated heterocycles. The third-order valence-corrected chi connectivity index (χ3v) is 4.20. The molecule has 3 N–H and O–H groups in total. The summed E-state index contributed by atoms with van der Waals surface area (Å²) in [4.78, 5) is 22.0. The molecule has 23 heavy (non-hydrogen) atoms. The predicted molar refractivity (Wildman–Crippen MR) is 80.0 cm³/mol. The number of carbonyl (C=O) groups is 2. The fourth-order valence-corrected chi connectivity index (χ4v) is 2.69. The average Bonchev–Trinajstić information content (AvgIpc) is 2.96. The summed E-state index contributed by atoms with van der Waals surface area (Å²) in [6, 6.07) is 5.63. The Morgan fingerprint density at radius 2 is 1.96 bits per heavy atom. The van der Waals surface area contributed by atoms with E-state index in [-0.39, 0.29) is 22.7 Å². The number of nitrogens with one attached hydrogen (secondary N) is 1. The van der Waals surface area contributed by atoms with E-state index in [4.69, 9.17) is 5.73 Å². The van der Waals surface area contributed by atoms with Crippen LogP contribution < -0.4 is 10.5 Å². The van der Waals surface area contributed by atoms with Crippen LogP contribution in [0.5, 0.6) is 0 Å². The maximum absolute atomic E-state index is 12.2. The SMILES string of the molecule is COC(=O)Cn1cc(S(=O)(=O)Nc2ccc(C(N)=O)cc2)cn1. The molecular formula is C13H14N4O5S. The van der Waals surface area contributed by atoms with Gasteiger partial charge < -0.3 is 10.5 Å². The number of primary amides is 1. The van der Waals surface area contributed by atoms with Crippen LogP contribution in [0.3, 0.4) is 0 Å². The van der Waals surface area contributed by atoms with Crippen LogP contribution in [-0.2, 0) is 26.1 Å². The van der Waals surface area contributed by atoms with Crippen molar-refractivity contribution in [1.82, 2.24) is 9.78 Å². The summed E-state index contributed by atoms with van der Waals surface area (Å²) >= 11 is 0. The number of hydrogen-bond acceptors (Lipinski definition) is 6. The van der Waals surface area contributed by atoms with Crippen molar-refractivity contribution in [1.29, 1.82) is 0 Å². The molecule has 1 heterocycles. The molecular weight excluding hydrogens is 324 g/mol. The number of amides is 1. The number of nitrogens with two attached hydrogens (primary N) is 1.